The van der Waals surface area contributed by atoms with Crippen LogP contribution in [0.3, 0.4) is 0 Å². The molecule has 1 rings (SSSR count). The summed E-state index contributed by atoms with van der Waals surface area (Å²) < 4.78 is 0. The lowest BCUT2D eigenvalue weighted by Crippen LogP contribution is -2.24. The van der Waals surface area contributed by atoms with E-state index >= 15 is 0 Å². The van der Waals surface area contributed by atoms with Crippen molar-refractivity contribution in [2.75, 3.05) is 0 Å². The van der Waals surface area contributed by atoms with Crippen LogP contribution in [0.15, 0.2) is 17.2 Å². The van der Waals surface area contributed by atoms with Crippen molar-refractivity contribution in [3.05, 3.63) is 28.8 Å². The van der Waals surface area contributed by atoms with Crippen LogP contribution in [0.5, 0.6) is 5.75 Å². The van der Waals surface area contributed by atoms with Crippen molar-refractivity contribution < 1.29 is 5.11 Å². The summed E-state index contributed by atoms with van der Waals surface area (Å²) in [4.78, 5) is 0. The molecule has 0 aliphatic rings. The third-order valence-corrected chi connectivity index (χ3v) is 3.23. The van der Waals surface area contributed by atoms with Gasteiger partial charge in [-0.15, -0.1) is 0 Å². The fraction of sp³-hybridized carbons (Fsp3) is 0.500. The molecule has 0 unspecified atom stereocenters. The lowest BCUT2D eigenvalue weighted by Gasteiger charge is -2.27. The highest BCUT2D eigenvalue weighted by Crippen LogP contribution is 2.39. The Morgan fingerprint density at radius 3 is 1.90 bits per heavy atom. The molecule has 0 aliphatic heterocycles. The normalized spacial score (nSPS) is 12.7. The molecule has 4 N–H and O–H groups in total. The highest BCUT2D eigenvalue weighted by atomic mass is 32.1. The number of nitrogens with one attached hydrogen (secondary N) is 1. The van der Waals surface area contributed by atoms with Crippen LogP contribution in [0.25, 0.3) is 0 Å². The first-order valence-electron chi connectivity index (χ1n) is 6.89. The summed E-state index contributed by atoms with van der Waals surface area (Å²) in [5.74, 6) is 0.356. The van der Waals surface area contributed by atoms with Crippen molar-refractivity contribution in [2.45, 2.75) is 52.4 Å². The summed E-state index contributed by atoms with van der Waals surface area (Å²) in [6, 6.07) is 3.88. The third kappa shape index (κ3) is 4.70. The van der Waals surface area contributed by atoms with Gasteiger partial charge in [-0.1, -0.05) is 41.5 Å². The number of phenolic OH excluding ortho intramolecular Hbond substituents is 1. The molecule has 0 saturated carbocycles. The van der Waals surface area contributed by atoms with E-state index in [2.05, 4.69) is 52.1 Å². The summed E-state index contributed by atoms with van der Waals surface area (Å²) in [5, 5.41) is 14.7. The highest BCUT2D eigenvalue weighted by molar-refractivity contribution is 7.80. The molecule has 116 valence electrons. The maximum Gasteiger partial charge on any atom is 0.184 e. The van der Waals surface area contributed by atoms with Crippen LogP contribution in [0.2, 0.25) is 0 Å². The van der Waals surface area contributed by atoms with Crippen LogP contribution in [-0.2, 0) is 10.8 Å². The SMILES string of the molecule is CC(C)(C)c1cc(C=NNC(N)=S)cc(C(C)(C)C)c1O. The van der Waals surface area contributed by atoms with E-state index in [1.807, 2.05) is 12.1 Å². The molecule has 0 amide bonds. The molecule has 0 fully saturated rings. The zero-order chi connectivity index (χ0) is 16.4. The number of aromatic hydroxyl groups is 1. The second-order valence-corrected chi connectivity index (χ2v) is 7.64. The second kappa shape index (κ2) is 6.02. The van der Waals surface area contributed by atoms with Gasteiger partial charge >= 0.3 is 0 Å². The van der Waals surface area contributed by atoms with Gasteiger partial charge in [0.1, 0.15) is 5.75 Å². The van der Waals surface area contributed by atoms with Gasteiger partial charge in [-0.05, 0) is 40.7 Å². The van der Waals surface area contributed by atoms with E-state index in [-0.39, 0.29) is 15.9 Å². The highest BCUT2D eigenvalue weighted by Gasteiger charge is 2.26. The van der Waals surface area contributed by atoms with Crippen LogP contribution in [0.1, 0.15) is 58.2 Å². The molecule has 4 nitrogen and oxygen atoms in total. The number of thiocarbonyl (C=S) groups is 1. The fourth-order valence-electron chi connectivity index (χ4n) is 2.05. The van der Waals surface area contributed by atoms with Crippen LogP contribution in [0.4, 0.5) is 0 Å². The Bertz CT molecular complexity index is 531. The molecule has 0 radical (unpaired) electrons. The van der Waals surface area contributed by atoms with E-state index in [0.29, 0.717) is 5.75 Å². The predicted octanol–water partition coefficient (Wildman–Crippen LogP) is 3.15. The predicted molar refractivity (Wildman–Crippen MR) is 93.0 cm³/mol. The average Bonchev–Trinajstić information content (AvgIpc) is 2.27. The number of nitrogens with zero attached hydrogens (tertiary/aromatic N) is 1. The van der Waals surface area contributed by atoms with Crippen molar-refractivity contribution in [1.29, 1.82) is 0 Å². The van der Waals surface area contributed by atoms with Gasteiger partial charge in [-0.2, -0.15) is 5.10 Å². The first-order chi connectivity index (χ1) is 9.43. The van der Waals surface area contributed by atoms with Crippen molar-refractivity contribution >= 4 is 23.5 Å². The van der Waals surface area contributed by atoms with Gasteiger partial charge in [0.2, 0.25) is 0 Å². The number of hydrogen-bond donors (Lipinski definition) is 3. The minimum absolute atomic E-state index is 0.122. The largest absolute Gasteiger partial charge is 0.507 e. The van der Waals surface area contributed by atoms with E-state index < -0.39 is 0 Å². The first-order valence-corrected chi connectivity index (χ1v) is 7.30. The number of nitrogens with two attached hydrogens (primary N) is 1. The van der Waals surface area contributed by atoms with Crippen LogP contribution in [-0.4, -0.2) is 16.4 Å². The summed E-state index contributed by atoms with van der Waals surface area (Å²) in [6.07, 6.45) is 1.66. The Labute approximate surface area is 132 Å². The Morgan fingerprint density at radius 1 is 1.14 bits per heavy atom. The van der Waals surface area contributed by atoms with Crippen LogP contribution in [0, 0.1) is 0 Å². The van der Waals surface area contributed by atoms with Crippen LogP contribution < -0.4 is 11.2 Å². The van der Waals surface area contributed by atoms with E-state index in [1.165, 1.54) is 0 Å². The molecule has 0 saturated heterocycles. The molecule has 1 aromatic carbocycles. The maximum absolute atomic E-state index is 10.6. The van der Waals surface area contributed by atoms with E-state index in [4.69, 9.17) is 18.0 Å². The van der Waals surface area contributed by atoms with E-state index in [9.17, 15) is 5.11 Å². The molecule has 0 spiro atoms. The minimum Gasteiger partial charge on any atom is -0.507 e. The Morgan fingerprint density at radius 2 is 1.57 bits per heavy atom. The van der Waals surface area contributed by atoms with Crippen molar-refractivity contribution in [3.63, 3.8) is 0 Å². The molecular formula is C16H25N3OS. The first kappa shape index (κ1) is 17.4. The lowest BCUT2D eigenvalue weighted by atomic mass is 9.78. The smallest absolute Gasteiger partial charge is 0.184 e. The van der Waals surface area contributed by atoms with Crippen molar-refractivity contribution in [3.8, 4) is 5.75 Å². The molecule has 0 bridgehead atoms. The van der Waals surface area contributed by atoms with Gasteiger partial charge in [0, 0.05) is 11.1 Å². The fourth-order valence-corrected chi connectivity index (χ4v) is 2.10. The monoisotopic (exact) mass is 307 g/mol. The number of benzene rings is 1. The van der Waals surface area contributed by atoms with Gasteiger partial charge < -0.3 is 10.8 Å². The Kier molecular flexibility index (Phi) is 4.99. The number of hydrazone groups is 1. The van der Waals surface area contributed by atoms with Gasteiger partial charge in [0.15, 0.2) is 5.11 Å². The van der Waals surface area contributed by atoms with Crippen LogP contribution >= 0.6 is 12.2 Å². The van der Waals surface area contributed by atoms with Crippen molar-refractivity contribution in [1.82, 2.24) is 5.43 Å². The Hall–Kier alpha value is -1.62. The van der Waals surface area contributed by atoms with Gasteiger partial charge in [-0.3, -0.25) is 5.43 Å². The third-order valence-electron chi connectivity index (χ3n) is 3.14. The lowest BCUT2D eigenvalue weighted by molar-refractivity contribution is 0.423. The van der Waals surface area contributed by atoms with Crippen molar-refractivity contribution in [2.24, 2.45) is 10.8 Å². The van der Waals surface area contributed by atoms with Gasteiger partial charge in [-0.25, -0.2) is 0 Å². The summed E-state index contributed by atoms with van der Waals surface area (Å²) in [6.45, 7) is 12.4. The molecule has 0 aliphatic carbocycles. The summed E-state index contributed by atoms with van der Waals surface area (Å²) >= 11 is 4.71. The second-order valence-electron chi connectivity index (χ2n) is 7.20. The molecule has 21 heavy (non-hydrogen) atoms. The molecule has 1 aromatic rings. The van der Waals surface area contributed by atoms with E-state index in [1.54, 1.807) is 6.21 Å². The average molecular weight is 307 g/mol. The zero-order valence-electron chi connectivity index (χ0n) is 13.6. The summed E-state index contributed by atoms with van der Waals surface area (Å²) in [5.41, 5.74) is 10.2. The topological polar surface area (TPSA) is 70.6 Å². The molecule has 0 aromatic heterocycles. The number of rotatable bonds is 2. The summed E-state index contributed by atoms with van der Waals surface area (Å²) in [7, 11) is 0. The number of hydrogen-bond acceptors (Lipinski definition) is 3. The van der Waals surface area contributed by atoms with E-state index in [0.717, 1.165) is 16.7 Å². The van der Waals surface area contributed by atoms with Gasteiger partial charge in [0.25, 0.3) is 0 Å². The standard InChI is InChI=1S/C16H25N3OS/c1-15(2,3)11-7-10(9-18-19-14(17)21)8-12(13(11)20)16(4,5)6/h7-9,20H,1-6H3,(H3,17,19,21). The Balaban J connectivity index is 3.41. The molecule has 0 atom stereocenters. The molecular weight excluding hydrogens is 282 g/mol. The molecule has 0 heterocycles. The molecule has 5 heteroatoms. The quantitative estimate of drug-likeness (QED) is 0.446. The zero-order valence-corrected chi connectivity index (χ0v) is 14.4. The number of phenols is 1. The van der Waals surface area contributed by atoms with Gasteiger partial charge in [0.05, 0.1) is 6.21 Å². The maximum atomic E-state index is 10.6. The minimum atomic E-state index is -0.162.